The molecule has 1 rings (SSSR count). The Bertz CT molecular complexity index is 469. The normalized spacial score (nSPS) is 11.4. The van der Waals surface area contributed by atoms with E-state index < -0.39 is 16.7 Å². The van der Waals surface area contributed by atoms with E-state index in [0.29, 0.717) is 0 Å². The molecule has 0 aromatic heterocycles. The molecule has 0 unspecified atom stereocenters. The zero-order valence-corrected chi connectivity index (χ0v) is 9.26. The van der Waals surface area contributed by atoms with Crippen molar-refractivity contribution in [3.05, 3.63) is 45.5 Å². The lowest BCUT2D eigenvalue weighted by Gasteiger charge is -2.12. The van der Waals surface area contributed by atoms with Crippen LogP contribution < -0.4 is 0 Å². The summed E-state index contributed by atoms with van der Waals surface area (Å²) in [6.45, 7) is 5.76. The minimum Gasteiger partial charge on any atom is -0.258 e. The van der Waals surface area contributed by atoms with E-state index in [1.54, 1.807) is 0 Å². The Morgan fingerprint density at radius 1 is 1.29 bits per heavy atom. The summed E-state index contributed by atoms with van der Waals surface area (Å²) < 4.78 is 37.3. The van der Waals surface area contributed by atoms with E-state index in [0.717, 1.165) is 12.1 Å². The summed E-state index contributed by atoms with van der Waals surface area (Å²) in [5.74, 6) is 0. The van der Waals surface area contributed by atoms with Gasteiger partial charge in [0.05, 0.1) is 10.5 Å². The smallest absolute Gasteiger partial charge is 0.258 e. The molecule has 0 saturated carbocycles. The van der Waals surface area contributed by atoms with E-state index >= 15 is 0 Å². The zero-order valence-electron chi connectivity index (χ0n) is 9.26. The van der Waals surface area contributed by atoms with Gasteiger partial charge in [0.2, 0.25) is 0 Å². The van der Waals surface area contributed by atoms with Gasteiger partial charge in [-0.05, 0) is 31.5 Å². The molecule has 1 aromatic carbocycles. The number of alkyl halides is 3. The average molecular weight is 245 g/mol. The van der Waals surface area contributed by atoms with Crippen LogP contribution in [0, 0.1) is 24.0 Å². The maximum absolute atomic E-state index is 12.4. The molecule has 0 aliphatic rings. The largest absolute Gasteiger partial charge is 0.416 e. The number of nitro groups is 1. The lowest BCUT2D eigenvalue weighted by Crippen LogP contribution is -2.10. The summed E-state index contributed by atoms with van der Waals surface area (Å²) >= 11 is 0. The molecule has 0 amide bonds. The van der Waals surface area contributed by atoms with Gasteiger partial charge in [-0.3, -0.25) is 10.1 Å². The van der Waals surface area contributed by atoms with Gasteiger partial charge in [-0.25, -0.2) is 0 Å². The minimum absolute atomic E-state index is 0.141. The topological polar surface area (TPSA) is 43.1 Å². The SMILES string of the molecule is C=C(c1cc(C)c([N+](=O)[O-])c(C)c1)C(F)(F)F. The number of allylic oxidation sites excluding steroid dienone is 1. The fourth-order valence-corrected chi connectivity index (χ4v) is 1.58. The summed E-state index contributed by atoms with van der Waals surface area (Å²) in [7, 11) is 0. The van der Waals surface area contributed by atoms with Gasteiger partial charge >= 0.3 is 6.18 Å². The Balaban J connectivity index is 3.34. The van der Waals surface area contributed by atoms with Crippen molar-refractivity contribution in [3.8, 4) is 0 Å². The molecule has 6 heteroatoms. The minimum atomic E-state index is -4.53. The van der Waals surface area contributed by atoms with Crippen LogP contribution in [-0.2, 0) is 0 Å². The highest BCUT2D eigenvalue weighted by atomic mass is 19.4. The number of rotatable bonds is 2. The molecule has 1 aromatic rings. The standard InChI is InChI=1S/C11H10F3NO2/c1-6-4-9(8(3)11(12,13)14)5-7(2)10(6)15(16)17/h4-5H,3H2,1-2H3. The number of aryl methyl sites for hydroxylation is 2. The van der Waals surface area contributed by atoms with Gasteiger partial charge in [-0.15, -0.1) is 0 Å². The van der Waals surface area contributed by atoms with Crippen LogP contribution in [0.4, 0.5) is 18.9 Å². The molecular formula is C11H10F3NO2. The average Bonchev–Trinajstić information content (AvgIpc) is 2.13. The van der Waals surface area contributed by atoms with E-state index in [2.05, 4.69) is 6.58 Å². The van der Waals surface area contributed by atoms with Crippen LogP contribution in [0.25, 0.3) is 5.57 Å². The van der Waals surface area contributed by atoms with Crippen LogP contribution in [0.3, 0.4) is 0 Å². The highest BCUT2D eigenvalue weighted by Crippen LogP contribution is 2.35. The first-order chi connectivity index (χ1) is 7.64. The van der Waals surface area contributed by atoms with E-state index in [1.807, 2.05) is 0 Å². The Labute approximate surface area is 95.7 Å². The summed E-state index contributed by atoms with van der Waals surface area (Å²) in [5.41, 5.74) is -0.925. The molecule has 0 spiro atoms. The van der Waals surface area contributed by atoms with Gasteiger partial charge in [0.1, 0.15) is 0 Å². The molecule has 3 nitrogen and oxygen atoms in total. The Kier molecular flexibility index (Phi) is 3.26. The summed E-state index contributed by atoms with van der Waals surface area (Å²) in [6, 6.07) is 2.25. The fraction of sp³-hybridized carbons (Fsp3) is 0.273. The van der Waals surface area contributed by atoms with Gasteiger partial charge < -0.3 is 0 Å². The molecule has 92 valence electrons. The van der Waals surface area contributed by atoms with E-state index in [1.165, 1.54) is 13.8 Å². The molecule has 0 aliphatic carbocycles. The van der Waals surface area contributed by atoms with Crippen molar-refractivity contribution in [1.29, 1.82) is 0 Å². The number of nitrogens with zero attached hydrogens (tertiary/aromatic N) is 1. The molecule has 17 heavy (non-hydrogen) atoms. The number of halogens is 3. The number of benzene rings is 1. The predicted molar refractivity (Wildman–Crippen MR) is 57.7 cm³/mol. The quantitative estimate of drug-likeness (QED) is 0.587. The third-order valence-electron chi connectivity index (χ3n) is 2.36. The lowest BCUT2D eigenvalue weighted by molar-refractivity contribution is -0.386. The van der Waals surface area contributed by atoms with Crippen molar-refractivity contribution in [2.24, 2.45) is 0 Å². The molecule has 0 N–H and O–H groups in total. The maximum atomic E-state index is 12.4. The third-order valence-corrected chi connectivity index (χ3v) is 2.36. The number of hydrogen-bond acceptors (Lipinski definition) is 2. The summed E-state index contributed by atoms with van der Waals surface area (Å²) in [6.07, 6.45) is -4.53. The molecule has 0 saturated heterocycles. The van der Waals surface area contributed by atoms with Crippen molar-refractivity contribution in [2.45, 2.75) is 20.0 Å². The zero-order chi connectivity index (χ0) is 13.4. The van der Waals surface area contributed by atoms with Crippen molar-refractivity contribution in [2.75, 3.05) is 0 Å². The maximum Gasteiger partial charge on any atom is 0.416 e. The first-order valence-electron chi connectivity index (χ1n) is 4.66. The van der Waals surface area contributed by atoms with Crippen LogP contribution in [0.2, 0.25) is 0 Å². The Morgan fingerprint density at radius 3 is 2.00 bits per heavy atom. The van der Waals surface area contributed by atoms with Crippen molar-refractivity contribution in [3.63, 3.8) is 0 Å². The molecular weight excluding hydrogens is 235 g/mol. The Morgan fingerprint density at radius 2 is 1.71 bits per heavy atom. The van der Waals surface area contributed by atoms with Gasteiger partial charge in [0, 0.05) is 11.1 Å². The second-order valence-corrected chi connectivity index (χ2v) is 3.69. The molecule has 0 bridgehead atoms. The Hall–Kier alpha value is -1.85. The lowest BCUT2D eigenvalue weighted by atomic mass is 9.99. The van der Waals surface area contributed by atoms with Crippen LogP contribution in [-0.4, -0.2) is 11.1 Å². The van der Waals surface area contributed by atoms with Gasteiger partial charge in [-0.2, -0.15) is 13.2 Å². The summed E-state index contributed by atoms with van der Waals surface area (Å²) in [4.78, 5) is 10.1. The highest BCUT2D eigenvalue weighted by Gasteiger charge is 2.33. The van der Waals surface area contributed by atoms with Gasteiger partial charge in [0.15, 0.2) is 0 Å². The molecule has 0 radical (unpaired) electrons. The van der Waals surface area contributed by atoms with Crippen molar-refractivity contribution < 1.29 is 18.1 Å². The van der Waals surface area contributed by atoms with Crippen molar-refractivity contribution in [1.82, 2.24) is 0 Å². The molecule has 0 aliphatic heterocycles. The van der Waals surface area contributed by atoms with Gasteiger partial charge in [-0.1, -0.05) is 6.58 Å². The van der Waals surface area contributed by atoms with Crippen LogP contribution in [0.5, 0.6) is 0 Å². The molecule has 0 heterocycles. The predicted octanol–water partition coefficient (Wildman–Crippen LogP) is 3.79. The second-order valence-electron chi connectivity index (χ2n) is 3.69. The van der Waals surface area contributed by atoms with E-state index in [-0.39, 0.29) is 22.4 Å². The van der Waals surface area contributed by atoms with Gasteiger partial charge in [0.25, 0.3) is 5.69 Å². The van der Waals surface area contributed by atoms with Crippen molar-refractivity contribution >= 4 is 11.3 Å². The first kappa shape index (κ1) is 13.2. The first-order valence-corrected chi connectivity index (χ1v) is 4.66. The number of nitro benzene ring substituents is 1. The van der Waals surface area contributed by atoms with Crippen LogP contribution >= 0.6 is 0 Å². The fourth-order valence-electron chi connectivity index (χ4n) is 1.58. The highest BCUT2D eigenvalue weighted by molar-refractivity contribution is 5.70. The monoisotopic (exact) mass is 245 g/mol. The number of hydrogen-bond donors (Lipinski definition) is 0. The van der Waals surface area contributed by atoms with E-state index in [4.69, 9.17) is 0 Å². The third kappa shape index (κ3) is 2.64. The molecule has 0 fully saturated rings. The van der Waals surface area contributed by atoms with Crippen LogP contribution in [0.1, 0.15) is 16.7 Å². The van der Waals surface area contributed by atoms with E-state index in [9.17, 15) is 23.3 Å². The van der Waals surface area contributed by atoms with Crippen LogP contribution in [0.15, 0.2) is 18.7 Å². The second kappa shape index (κ2) is 4.20. The summed E-state index contributed by atoms with van der Waals surface area (Å²) in [5, 5.41) is 10.7. The molecule has 0 atom stereocenters.